The van der Waals surface area contributed by atoms with Crippen LogP contribution in [0.15, 0.2) is 59.4 Å². The van der Waals surface area contributed by atoms with E-state index >= 15 is 0 Å². The summed E-state index contributed by atoms with van der Waals surface area (Å²) in [6.07, 6.45) is 0. The lowest BCUT2D eigenvalue weighted by Gasteiger charge is -2.08. The molecular formula is C17H14N2O2. The van der Waals surface area contributed by atoms with Crippen LogP contribution in [0, 0.1) is 0 Å². The van der Waals surface area contributed by atoms with Crippen molar-refractivity contribution in [3.8, 4) is 11.3 Å². The second-order valence-electron chi connectivity index (χ2n) is 4.94. The van der Waals surface area contributed by atoms with Crippen molar-refractivity contribution in [3.05, 3.63) is 65.0 Å². The lowest BCUT2D eigenvalue weighted by Crippen LogP contribution is -2.25. The number of aromatic nitrogens is 2. The third-order valence-electron chi connectivity index (χ3n) is 3.30. The van der Waals surface area contributed by atoms with Crippen molar-refractivity contribution < 1.29 is 4.79 Å². The quantitative estimate of drug-likeness (QED) is 0.740. The fraction of sp³-hybridized carbons (Fsp3) is 0.118. The summed E-state index contributed by atoms with van der Waals surface area (Å²) in [6.45, 7) is 1.44. The molecule has 21 heavy (non-hydrogen) atoms. The number of nitrogens with zero attached hydrogens (tertiary/aromatic N) is 2. The van der Waals surface area contributed by atoms with Gasteiger partial charge in [-0.2, -0.15) is 5.10 Å². The van der Waals surface area contributed by atoms with Crippen LogP contribution in [0.3, 0.4) is 0 Å². The molecular weight excluding hydrogens is 264 g/mol. The molecule has 0 amide bonds. The molecule has 4 heteroatoms. The van der Waals surface area contributed by atoms with E-state index in [1.807, 2.05) is 42.5 Å². The molecule has 0 fully saturated rings. The summed E-state index contributed by atoms with van der Waals surface area (Å²) < 4.78 is 1.21. The highest BCUT2D eigenvalue weighted by atomic mass is 16.1. The second-order valence-corrected chi connectivity index (χ2v) is 4.94. The monoisotopic (exact) mass is 278 g/mol. The van der Waals surface area contributed by atoms with Gasteiger partial charge in [-0.05, 0) is 23.8 Å². The van der Waals surface area contributed by atoms with Crippen molar-refractivity contribution in [1.82, 2.24) is 9.78 Å². The van der Waals surface area contributed by atoms with Gasteiger partial charge < -0.3 is 0 Å². The molecule has 1 aromatic heterocycles. The lowest BCUT2D eigenvalue weighted by atomic mass is 10.0. The van der Waals surface area contributed by atoms with Gasteiger partial charge >= 0.3 is 0 Å². The van der Waals surface area contributed by atoms with Gasteiger partial charge in [-0.25, -0.2) is 4.68 Å². The van der Waals surface area contributed by atoms with Gasteiger partial charge in [-0.15, -0.1) is 0 Å². The van der Waals surface area contributed by atoms with Crippen LogP contribution in [0.25, 0.3) is 22.0 Å². The van der Waals surface area contributed by atoms with E-state index < -0.39 is 0 Å². The number of benzene rings is 2. The van der Waals surface area contributed by atoms with Crippen molar-refractivity contribution in [3.63, 3.8) is 0 Å². The Balaban J connectivity index is 2.19. The number of rotatable bonds is 3. The summed E-state index contributed by atoms with van der Waals surface area (Å²) in [5, 5.41) is 6.50. The minimum atomic E-state index is -0.269. The highest BCUT2D eigenvalue weighted by Gasteiger charge is 2.08. The normalized spacial score (nSPS) is 10.7. The van der Waals surface area contributed by atoms with E-state index in [1.54, 1.807) is 6.07 Å². The predicted molar refractivity (Wildman–Crippen MR) is 82.1 cm³/mol. The SMILES string of the molecule is CC(=O)Cn1nc(-c2cccc3ccccc23)ccc1=O. The van der Waals surface area contributed by atoms with Gasteiger partial charge in [0, 0.05) is 11.6 Å². The molecule has 0 unspecified atom stereocenters. The fourth-order valence-corrected chi connectivity index (χ4v) is 2.37. The smallest absolute Gasteiger partial charge is 0.267 e. The van der Waals surface area contributed by atoms with Crippen molar-refractivity contribution in [2.24, 2.45) is 0 Å². The Morgan fingerprint density at radius 1 is 1.05 bits per heavy atom. The van der Waals surface area contributed by atoms with E-state index in [0.29, 0.717) is 5.69 Å². The summed E-state index contributed by atoms with van der Waals surface area (Å²) >= 11 is 0. The average Bonchev–Trinajstić information content (AvgIpc) is 2.48. The van der Waals surface area contributed by atoms with Gasteiger partial charge in [0.15, 0.2) is 5.78 Å². The summed E-state index contributed by atoms with van der Waals surface area (Å²) in [6, 6.07) is 17.1. The molecule has 104 valence electrons. The molecule has 0 saturated carbocycles. The summed E-state index contributed by atoms with van der Waals surface area (Å²) in [5.41, 5.74) is 1.37. The standard InChI is InChI=1S/C17H14N2O2/c1-12(20)11-19-17(21)10-9-16(18-19)15-8-4-6-13-5-2-3-7-14(13)15/h2-10H,11H2,1H3. The third-order valence-corrected chi connectivity index (χ3v) is 3.30. The molecule has 0 aliphatic carbocycles. The van der Waals surface area contributed by atoms with E-state index in [2.05, 4.69) is 5.10 Å². The van der Waals surface area contributed by atoms with Crippen LogP contribution in [0.2, 0.25) is 0 Å². The lowest BCUT2D eigenvalue weighted by molar-refractivity contribution is -0.117. The maximum absolute atomic E-state index is 11.8. The zero-order valence-electron chi connectivity index (χ0n) is 11.6. The molecule has 0 saturated heterocycles. The zero-order valence-corrected chi connectivity index (χ0v) is 11.6. The molecule has 0 atom stereocenters. The number of hydrogen-bond donors (Lipinski definition) is 0. The second kappa shape index (κ2) is 5.32. The largest absolute Gasteiger partial charge is 0.298 e. The molecule has 2 aromatic carbocycles. The number of hydrogen-bond acceptors (Lipinski definition) is 3. The first-order valence-corrected chi connectivity index (χ1v) is 6.71. The Bertz CT molecular complexity index is 876. The maximum atomic E-state index is 11.8. The van der Waals surface area contributed by atoms with Crippen molar-refractivity contribution in [2.75, 3.05) is 0 Å². The van der Waals surface area contributed by atoms with Gasteiger partial charge in [0.05, 0.1) is 5.69 Å². The molecule has 0 radical (unpaired) electrons. The number of ketones is 1. The molecule has 0 spiro atoms. The Labute approximate surface area is 121 Å². The van der Waals surface area contributed by atoms with Crippen LogP contribution in [-0.2, 0) is 11.3 Å². The maximum Gasteiger partial charge on any atom is 0.267 e. The van der Waals surface area contributed by atoms with Crippen LogP contribution in [-0.4, -0.2) is 15.6 Å². The number of carbonyl (C=O) groups excluding carboxylic acids is 1. The van der Waals surface area contributed by atoms with E-state index in [-0.39, 0.29) is 17.9 Å². The van der Waals surface area contributed by atoms with E-state index in [9.17, 15) is 9.59 Å². The summed E-state index contributed by atoms with van der Waals surface area (Å²) in [5.74, 6) is -0.0975. The highest BCUT2D eigenvalue weighted by Crippen LogP contribution is 2.26. The summed E-state index contributed by atoms with van der Waals surface area (Å²) in [7, 11) is 0. The molecule has 0 N–H and O–H groups in total. The van der Waals surface area contributed by atoms with Gasteiger partial charge in [0.25, 0.3) is 5.56 Å². The molecule has 3 aromatic rings. The van der Waals surface area contributed by atoms with E-state index in [4.69, 9.17) is 0 Å². The minimum Gasteiger partial charge on any atom is -0.298 e. The Kier molecular flexibility index (Phi) is 3.36. The Morgan fingerprint density at radius 3 is 2.62 bits per heavy atom. The molecule has 4 nitrogen and oxygen atoms in total. The van der Waals surface area contributed by atoms with Gasteiger partial charge in [-0.3, -0.25) is 9.59 Å². The molecule has 0 bridgehead atoms. The molecule has 0 aliphatic rings. The van der Waals surface area contributed by atoms with Crippen LogP contribution < -0.4 is 5.56 Å². The fourth-order valence-electron chi connectivity index (χ4n) is 2.37. The third kappa shape index (κ3) is 2.60. The first-order chi connectivity index (χ1) is 10.1. The van der Waals surface area contributed by atoms with Crippen molar-refractivity contribution in [1.29, 1.82) is 0 Å². The molecule has 0 aliphatic heterocycles. The first-order valence-electron chi connectivity index (χ1n) is 6.71. The van der Waals surface area contributed by atoms with Gasteiger partial charge in [0.1, 0.15) is 6.54 Å². The van der Waals surface area contributed by atoms with Crippen molar-refractivity contribution in [2.45, 2.75) is 13.5 Å². The van der Waals surface area contributed by atoms with Crippen LogP contribution in [0.5, 0.6) is 0 Å². The van der Waals surface area contributed by atoms with Crippen LogP contribution in [0.1, 0.15) is 6.92 Å². The molecule has 1 heterocycles. The first kappa shape index (κ1) is 13.2. The van der Waals surface area contributed by atoms with Crippen LogP contribution >= 0.6 is 0 Å². The van der Waals surface area contributed by atoms with Gasteiger partial charge in [-0.1, -0.05) is 42.5 Å². The number of carbonyl (C=O) groups is 1. The number of Topliss-reactive ketones (excluding diaryl/α,β-unsaturated/α-hetero) is 1. The van der Waals surface area contributed by atoms with E-state index in [1.165, 1.54) is 17.7 Å². The van der Waals surface area contributed by atoms with E-state index in [0.717, 1.165) is 16.3 Å². The van der Waals surface area contributed by atoms with Crippen molar-refractivity contribution >= 4 is 16.6 Å². The predicted octanol–water partition coefficient (Wildman–Crippen LogP) is 2.65. The Hall–Kier alpha value is -2.75. The number of fused-ring (bicyclic) bond motifs is 1. The zero-order chi connectivity index (χ0) is 14.8. The topological polar surface area (TPSA) is 52.0 Å². The Morgan fingerprint density at radius 2 is 1.81 bits per heavy atom. The summed E-state index contributed by atoms with van der Waals surface area (Å²) in [4.78, 5) is 23.0. The molecule has 3 rings (SSSR count). The average molecular weight is 278 g/mol. The highest BCUT2D eigenvalue weighted by molar-refractivity contribution is 5.95. The van der Waals surface area contributed by atoms with Crippen LogP contribution in [0.4, 0.5) is 0 Å². The van der Waals surface area contributed by atoms with Gasteiger partial charge in [0.2, 0.25) is 0 Å². The minimum absolute atomic E-state index is 0.00254.